The summed E-state index contributed by atoms with van der Waals surface area (Å²) >= 11 is 4.24. The lowest BCUT2D eigenvalue weighted by molar-refractivity contribution is -0.0355. The third-order valence-corrected chi connectivity index (χ3v) is 4.49. The summed E-state index contributed by atoms with van der Waals surface area (Å²) in [4.78, 5) is 0. The minimum Gasteiger partial charge on any atom is -0.389 e. The summed E-state index contributed by atoms with van der Waals surface area (Å²) in [7, 11) is 0. The molecule has 17 heavy (non-hydrogen) atoms. The Balaban J connectivity index is 2.46. The second kappa shape index (κ2) is 5.92. The van der Waals surface area contributed by atoms with Crippen molar-refractivity contribution in [2.24, 2.45) is 5.41 Å². The van der Waals surface area contributed by atoms with Gasteiger partial charge in [0.05, 0.1) is 5.60 Å². The van der Waals surface area contributed by atoms with Gasteiger partial charge in [-0.25, -0.2) is 0 Å². The van der Waals surface area contributed by atoms with Crippen molar-refractivity contribution in [2.45, 2.75) is 45.6 Å². The molecule has 0 amide bonds. The van der Waals surface area contributed by atoms with Crippen LogP contribution in [-0.4, -0.2) is 16.5 Å². The molecule has 0 radical (unpaired) electrons. The number of hydrogen-bond donors (Lipinski definition) is 2. The number of aryl methyl sites for hydroxylation is 1. The van der Waals surface area contributed by atoms with Crippen LogP contribution in [0.1, 0.15) is 39.2 Å². The molecule has 1 aromatic carbocycles. The van der Waals surface area contributed by atoms with Gasteiger partial charge in [0.1, 0.15) is 0 Å². The van der Waals surface area contributed by atoms with Gasteiger partial charge in [-0.2, -0.15) is 12.6 Å². The predicted molar refractivity (Wildman–Crippen MR) is 77.6 cm³/mol. The van der Waals surface area contributed by atoms with Crippen molar-refractivity contribution in [3.8, 4) is 0 Å². The number of aliphatic hydroxyl groups is 1. The van der Waals surface area contributed by atoms with Crippen LogP contribution >= 0.6 is 12.6 Å². The monoisotopic (exact) mass is 252 g/mol. The van der Waals surface area contributed by atoms with E-state index < -0.39 is 5.60 Å². The van der Waals surface area contributed by atoms with Crippen molar-refractivity contribution in [2.75, 3.05) is 5.75 Å². The molecule has 1 N–H and O–H groups in total. The summed E-state index contributed by atoms with van der Waals surface area (Å²) in [5.41, 5.74) is 0.574. The van der Waals surface area contributed by atoms with E-state index in [4.69, 9.17) is 0 Å². The first kappa shape index (κ1) is 14.6. The fourth-order valence-corrected chi connectivity index (χ4v) is 2.29. The smallest absolute Gasteiger partial charge is 0.0757 e. The molecule has 1 atom stereocenters. The Kier molecular flexibility index (Phi) is 5.08. The average Bonchev–Trinajstić information content (AvgIpc) is 2.30. The van der Waals surface area contributed by atoms with E-state index in [1.165, 1.54) is 5.56 Å². The molecular weight excluding hydrogens is 228 g/mol. The van der Waals surface area contributed by atoms with Crippen molar-refractivity contribution < 1.29 is 5.11 Å². The number of thiol groups is 1. The molecule has 0 fully saturated rings. The molecule has 0 aliphatic carbocycles. The van der Waals surface area contributed by atoms with Crippen molar-refractivity contribution in [1.29, 1.82) is 0 Å². The summed E-state index contributed by atoms with van der Waals surface area (Å²) < 4.78 is 0. The molecule has 0 saturated heterocycles. The van der Waals surface area contributed by atoms with Crippen LogP contribution in [0.15, 0.2) is 30.3 Å². The quantitative estimate of drug-likeness (QED) is 0.739. The second-order valence-electron chi connectivity index (χ2n) is 5.66. The number of benzene rings is 1. The maximum Gasteiger partial charge on any atom is 0.0757 e. The third kappa shape index (κ3) is 4.04. The van der Waals surface area contributed by atoms with Crippen LogP contribution in [0.4, 0.5) is 0 Å². The fraction of sp³-hybridized carbons (Fsp3) is 0.600. The van der Waals surface area contributed by atoms with Crippen molar-refractivity contribution >= 4 is 12.6 Å². The van der Waals surface area contributed by atoms with E-state index in [-0.39, 0.29) is 5.41 Å². The number of hydrogen-bond acceptors (Lipinski definition) is 2. The zero-order chi connectivity index (χ0) is 12.9. The van der Waals surface area contributed by atoms with Crippen LogP contribution in [0, 0.1) is 5.41 Å². The zero-order valence-corrected chi connectivity index (χ0v) is 12.0. The Labute approximate surface area is 111 Å². The molecule has 0 aliphatic heterocycles. The highest BCUT2D eigenvalue weighted by Gasteiger charge is 2.37. The summed E-state index contributed by atoms with van der Waals surface area (Å²) in [6, 6.07) is 10.5. The van der Waals surface area contributed by atoms with Gasteiger partial charge in [0.25, 0.3) is 0 Å². The molecule has 0 aromatic heterocycles. The van der Waals surface area contributed by atoms with Crippen LogP contribution < -0.4 is 0 Å². The highest BCUT2D eigenvalue weighted by Crippen LogP contribution is 2.36. The maximum absolute atomic E-state index is 10.3. The van der Waals surface area contributed by atoms with Gasteiger partial charge in [0.2, 0.25) is 0 Å². The Morgan fingerprint density at radius 1 is 1.12 bits per heavy atom. The maximum atomic E-state index is 10.3. The first-order valence-electron chi connectivity index (χ1n) is 6.26. The molecule has 1 unspecified atom stereocenters. The lowest BCUT2D eigenvalue weighted by atomic mass is 9.73. The fourth-order valence-electron chi connectivity index (χ4n) is 1.86. The van der Waals surface area contributed by atoms with Crippen LogP contribution in [0.3, 0.4) is 0 Å². The molecular formula is C15H24OS. The van der Waals surface area contributed by atoms with Crippen LogP contribution in [0.2, 0.25) is 0 Å². The van der Waals surface area contributed by atoms with Crippen molar-refractivity contribution in [3.63, 3.8) is 0 Å². The minimum atomic E-state index is -0.702. The molecule has 0 heterocycles. The summed E-state index contributed by atoms with van der Waals surface area (Å²) in [5.74, 6) is 0.505. The van der Waals surface area contributed by atoms with Gasteiger partial charge in [0.15, 0.2) is 0 Å². The largest absolute Gasteiger partial charge is 0.389 e. The lowest BCUT2D eigenvalue weighted by Crippen LogP contribution is -2.43. The average molecular weight is 252 g/mol. The topological polar surface area (TPSA) is 20.2 Å². The first-order chi connectivity index (χ1) is 7.89. The molecule has 2 heteroatoms. The Morgan fingerprint density at radius 3 is 2.24 bits per heavy atom. The second-order valence-corrected chi connectivity index (χ2v) is 5.97. The highest BCUT2D eigenvalue weighted by atomic mass is 32.1. The lowest BCUT2D eigenvalue weighted by Gasteiger charge is -2.39. The molecule has 1 nitrogen and oxygen atoms in total. The highest BCUT2D eigenvalue weighted by molar-refractivity contribution is 7.80. The summed E-state index contributed by atoms with van der Waals surface area (Å²) in [6.07, 6.45) is 3.18. The summed E-state index contributed by atoms with van der Waals surface area (Å²) in [5, 5.41) is 10.3. The molecule has 0 saturated carbocycles. The molecule has 0 spiro atoms. The van der Waals surface area contributed by atoms with Crippen LogP contribution in [0.5, 0.6) is 0 Å². The Morgan fingerprint density at radius 2 is 1.71 bits per heavy atom. The van der Waals surface area contributed by atoms with Crippen molar-refractivity contribution in [1.82, 2.24) is 0 Å². The third-order valence-electron chi connectivity index (χ3n) is 3.88. The SMILES string of the molecule is CC(C)(CCCc1ccccc1)C(C)(O)CS. The van der Waals surface area contributed by atoms with Crippen LogP contribution in [-0.2, 0) is 6.42 Å². The van der Waals surface area contributed by atoms with Gasteiger partial charge >= 0.3 is 0 Å². The number of rotatable bonds is 6. The van der Waals surface area contributed by atoms with Gasteiger partial charge in [-0.1, -0.05) is 44.2 Å². The standard InChI is InChI=1S/C15H24OS/c1-14(2,15(3,16)12-17)11-7-10-13-8-5-4-6-9-13/h4-6,8-9,16-17H,7,10-12H2,1-3H3. The molecule has 1 rings (SSSR count). The van der Waals surface area contributed by atoms with Crippen molar-refractivity contribution in [3.05, 3.63) is 35.9 Å². The molecule has 0 bridgehead atoms. The van der Waals surface area contributed by atoms with E-state index in [1.807, 2.05) is 13.0 Å². The molecule has 96 valence electrons. The summed E-state index contributed by atoms with van der Waals surface area (Å²) in [6.45, 7) is 6.12. The van der Waals surface area contributed by atoms with Gasteiger partial charge in [-0.3, -0.25) is 0 Å². The van der Waals surface area contributed by atoms with Crippen LogP contribution in [0.25, 0.3) is 0 Å². The van der Waals surface area contributed by atoms with E-state index in [1.54, 1.807) is 0 Å². The van der Waals surface area contributed by atoms with Gasteiger partial charge in [-0.05, 0) is 37.2 Å². The predicted octanol–water partition coefficient (Wildman–Crippen LogP) is 3.72. The Hall–Kier alpha value is -0.470. The molecule has 0 aliphatic rings. The van der Waals surface area contributed by atoms with E-state index in [2.05, 4.69) is 50.7 Å². The van der Waals surface area contributed by atoms with E-state index >= 15 is 0 Å². The minimum absolute atomic E-state index is 0.0937. The van der Waals surface area contributed by atoms with E-state index in [0.717, 1.165) is 19.3 Å². The normalized spacial score (nSPS) is 15.6. The first-order valence-corrected chi connectivity index (χ1v) is 6.89. The van der Waals surface area contributed by atoms with Gasteiger partial charge in [0, 0.05) is 5.75 Å². The Bertz CT molecular complexity index is 330. The van der Waals surface area contributed by atoms with E-state index in [0.29, 0.717) is 5.75 Å². The zero-order valence-electron chi connectivity index (χ0n) is 11.1. The molecule has 1 aromatic rings. The van der Waals surface area contributed by atoms with Gasteiger partial charge < -0.3 is 5.11 Å². The van der Waals surface area contributed by atoms with E-state index in [9.17, 15) is 5.11 Å². The van der Waals surface area contributed by atoms with Gasteiger partial charge in [-0.15, -0.1) is 0 Å².